The van der Waals surface area contributed by atoms with Gasteiger partial charge >= 0.3 is 0 Å². The zero-order chi connectivity index (χ0) is 16.1. The Morgan fingerprint density at radius 2 is 2.04 bits per heavy atom. The van der Waals surface area contributed by atoms with E-state index in [1.165, 1.54) is 17.7 Å². The topological polar surface area (TPSA) is 45.8 Å². The highest BCUT2D eigenvalue weighted by Crippen LogP contribution is 2.35. The highest BCUT2D eigenvalue weighted by atomic mass is 16.5. The molecule has 2 N–H and O–H groups in total. The molecule has 0 radical (unpaired) electrons. The zero-order valence-electron chi connectivity index (χ0n) is 14.3. The molecule has 2 heterocycles. The molecule has 2 unspecified atom stereocenters. The maximum Gasteiger partial charge on any atom is 0.142 e. The molecule has 2 aliphatic heterocycles. The summed E-state index contributed by atoms with van der Waals surface area (Å²) < 4.78 is 11.2. The quantitative estimate of drug-likeness (QED) is 0.839. The van der Waals surface area contributed by atoms with Gasteiger partial charge in [-0.1, -0.05) is 6.07 Å². The first kappa shape index (κ1) is 16.6. The number of methoxy groups -OCH3 is 1. The molecule has 1 aromatic carbocycles. The molecule has 0 saturated carbocycles. The van der Waals surface area contributed by atoms with Gasteiger partial charge in [0.25, 0.3) is 0 Å². The molecule has 1 aromatic rings. The first-order chi connectivity index (χ1) is 11.3. The van der Waals surface area contributed by atoms with Crippen LogP contribution in [0.15, 0.2) is 18.2 Å². The lowest BCUT2D eigenvalue weighted by Crippen LogP contribution is -2.43. The summed E-state index contributed by atoms with van der Waals surface area (Å²) in [5, 5.41) is 7.08. The minimum Gasteiger partial charge on any atom is -0.492 e. The highest BCUT2D eigenvalue weighted by molar-refractivity contribution is 5.60. The van der Waals surface area contributed by atoms with E-state index in [4.69, 9.17) is 9.47 Å². The largest absolute Gasteiger partial charge is 0.492 e. The van der Waals surface area contributed by atoms with Gasteiger partial charge in [0.15, 0.2) is 0 Å². The van der Waals surface area contributed by atoms with Gasteiger partial charge < -0.3 is 25.0 Å². The van der Waals surface area contributed by atoms with Crippen molar-refractivity contribution in [3.8, 4) is 5.75 Å². The third-order valence-corrected chi connectivity index (χ3v) is 4.75. The van der Waals surface area contributed by atoms with Crippen LogP contribution in [0.3, 0.4) is 0 Å². The van der Waals surface area contributed by atoms with Crippen LogP contribution in [-0.4, -0.2) is 52.5 Å². The van der Waals surface area contributed by atoms with E-state index in [0.717, 1.165) is 45.0 Å². The Hall–Kier alpha value is -1.30. The van der Waals surface area contributed by atoms with Gasteiger partial charge in [0.1, 0.15) is 5.75 Å². The Labute approximate surface area is 139 Å². The summed E-state index contributed by atoms with van der Waals surface area (Å²) in [5.41, 5.74) is 2.55. The minimum atomic E-state index is 0.409. The predicted molar refractivity (Wildman–Crippen MR) is 93.5 cm³/mol. The van der Waals surface area contributed by atoms with Crippen LogP contribution >= 0.6 is 0 Å². The molecular formula is C18H29N3O2. The number of hydrogen-bond acceptors (Lipinski definition) is 5. The summed E-state index contributed by atoms with van der Waals surface area (Å²) >= 11 is 0. The van der Waals surface area contributed by atoms with Crippen LogP contribution in [0.25, 0.3) is 0 Å². The SMILES string of the molecule is CCOc1cc(C2CCC(COC)N2)ccc1N1CCNCC1. The van der Waals surface area contributed by atoms with E-state index >= 15 is 0 Å². The summed E-state index contributed by atoms with van der Waals surface area (Å²) in [6.07, 6.45) is 2.33. The standard InChI is InChI=1S/C18H29N3O2/c1-3-23-18-12-14(16-6-5-15(20-16)13-22-2)4-7-17(18)21-10-8-19-9-11-21/h4,7,12,15-16,19-20H,3,5-6,8-11,13H2,1-2H3. The van der Waals surface area contributed by atoms with Crippen LogP contribution in [0.2, 0.25) is 0 Å². The van der Waals surface area contributed by atoms with Gasteiger partial charge in [0.05, 0.1) is 18.9 Å². The van der Waals surface area contributed by atoms with Crippen molar-refractivity contribution in [1.29, 1.82) is 0 Å². The molecule has 2 atom stereocenters. The van der Waals surface area contributed by atoms with E-state index < -0.39 is 0 Å². The van der Waals surface area contributed by atoms with Crippen LogP contribution in [0.1, 0.15) is 31.4 Å². The molecule has 2 fully saturated rings. The van der Waals surface area contributed by atoms with Gasteiger partial charge in [-0.25, -0.2) is 0 Å². The molecule has 23 heavy (non-hydrogen) atoms. The van der Waals surface area contributed by atoms with Crippen molar-refractivity contribution in [2.45, 2.75) is 31.8 Å². The molecule has 0 bridgehead atoms. The summed E-state index contributed by atoms with van der Waals surface area (Å²) in [7, 11) is 1.77. The van der Waals surface area contributed by atoms with Crippen LogP contribution in [0.4, 0.5) is 5.69 Å². The second-order valence-corrected chi connectivity index (χ2v) is 6.35. The first-order valence-electron chi connectivity index (χ1n) is 8.79. The monoisotopic (exact) mass is 319 g/mol. The first-order valence-corrected chi connectivity index (χ1v) is 8.79. The normalized spacial score (nSPS) is 24.9. The van der Waals surface area contributed by atoms with Gasteiger partial charge in [-0.15, -0.1) is 0 Å². The van der Waals surface area contributed by atoms with Crippen molar-refractivity contribution >= 4 is 5.69 Å². The number of anilines is 1. The second kappa shape index (κ2) is 7.99. The fourth-order valence-electron chi connectivity index (χ4n) is 3.60. The molecule has 0 aromatic heterocycles. The van der Waals surface area contributed by atoms with Crippen LogP contribution in [0.5, 0.6) is 5.75 Å². The summed E-state index contributed by atoms with van der Waals surface area (Å²) in [6, 6.07) is 7.59. The molecule has 128 valence electrons. The van der Waals surface area contributed by atoms with Crippen LogP contribution < -0.4 is 20.3 Å². The predicted octanol–water partition coefficient (Wildman–Crippen LogP) is 1.93. The maximum absolute atomic E-state index is 5.95. The lowest BCUT2D eigenvalue weighted by atomic mass is 10.0. The lowest BCUT2D eigenvalue weighted by Gasteiger charge is -2.31. The maximum atomic E-state index is 5.95. The number of nitrogens with zero attached hydrogens (tertiary/aromatic N) is 1. The average molecular weight is 319 g/mol. The van der Waals surface area contributed by atoms with E-state index in [0.29, 0.717) is 18.7 Å². The Morgan fingerprint density at radius 3 is 2.78 bits per heavy atom. The van der Waals surface area contributed by atoms with Crippen LogP contribution in [-0.2, 0) is 4.74 Å². The Morgan fingerprint density at radius 1 is 1.22 bits per heavy atom. The van der Waals surface area contributed by atoms with Crippen molar-refractivity contribution < 1.29 is 9.47 Å². The number of ether oxygens (including phenoxy) is 2. The molecular weight excluding hydrogens is 290 g/mol. The smallest absolute Gasteiger partial charge is 0.142 e. The van der Waals surface area contributed by atoms with Crippen molar-refractivity contribution in [2.24, 2.45) is 0 Å². The minimum absolute atomic E-state index is 0.409. The Bertz CT molecular complexity index is 503. The van der Waals surface area contributed by atoms with E-state index in [1.807, 2.05) is 0 Å². The van der Waals surface area contributed by atoms with E-state index in [-0.39, 0.29) is 0 Å². The molecule has 5 heteroatoms. The molecule has 0 amide bonds. The Kier molecular flexibility index (Phi) is 5.75. The average Bonchev–Trinajstić information content (AvgIpc) is 3.05. The number of nitrogens with one attached hydrogen (secondary N) is 2. The number of piperazine rings is 1. The third kappa shape index (κ3) is 3.97. The van der Waals surface area contributed by atoms with E-state index in [9.17, 15) is 0 Å². The molecule has 3 rings (SSSR count). The fraction of sp³-hybridized carbons (Fsp3) is 0.667. The molecule has 0 aliphatic carbocycles. The molecule has 2 saturated heterocycles. The number of rotatable bonds is 6. The number of benzene rings is 1. The van der Waals surface area contributed by atoms with Gasteiger partial charge in [0, 0.05) is 45.4 Å². The van der Waals surface area contributed by atoms with E-state index in [1.54, 1.807) is 7.11 Å². The van der Waals surface area contributed by atoms with Crippen molar-refractivity contribution in [2.75, 3.05) is 51.4 Å². The Balaban J connectivity index is 1.76. The lowest BCUT2D eigenvalue weighted by molar-refractivity contribution is 0.172. The van der Waals surface area contributed by atoms with Gasteiger partial charge in [0.2, 0.25) is 0 Å². The highest BCUT2D eigenvalue weighted by Gasteiger charge is 2.26. The van der Waals surface area contributed by atoms with E-state index in [2.05, 4.69) is 40.7 Å². The van der Waals surface area contributed by atoms with Gasteiger partial charge in [-0.05, 0) is 37.5 Å². The summed E-state index contributed by atoms with van der Waals surface area (Å²) in [4.78, 5) is 2.42. The van der Waals surface area contributed by atoms with Gasteiger partial charge in [-0.2, -0.15) is 0 Å². The van der Waals surface area contributed by atoms with Gasteiger partial charge in [-0.3, -0.25) is 0 Å². The fourth-order valence-corrected chi connectivity index (χ4v) is 3.60. The summed E-state index contributed by atoms with van der Waals surface area (Å²) in [5.74, 6) is 1.02. The van der Waals surface area contributed by atoms with Crippen LogP contribution in [0, 0.1) is 0 Å². The second-order valence-electron chi connectivity index (χ2n) is 6.35. The van der Waals surface area contributed by atoms with Crippen molar-refractivity contribution in [3.05, 3.63) is 23.8 Å². The third-order valence-electron chi connectivity index (χ3n) is 4.75. The molecule has 2 aliphatic rings. The molecule has 5 nitrogen and oxygen atoms in total. The van der Waals surface area contributed by atoms with Crippen molar-refractivity contribution in [1.82, 2.24) is 10.6 Å². The zero-order valence-corrected chi connectivity index (χ0v) is 14.3. The molecule has 0 spiro atoms. The number of hydrogen-bond donors (Lipinski definition) is 2. The van der Waals surface area contributed by atoms with Crippen molar-refractivity contribution in [3.63, 3.8) is 0 Å². The summed E-state index contributed by atoms with van der Waals surface area (Å²) in [6.45, 7) is 7.69.